The highest BCUT2D eigenvalue weighted by Crippen LogP contribution is 2.16. The summed E-state index contributed by atoms with van der Waals surface area (Å²) in [5, 5.41) is 7.01. The van der Waals surface area contributed by atoms with Crippen molar-refractivity contribution < 1.29 is 14.9 Å². The number of carbonyl (C=O) groups excluding carboxylic acids is 2. The van der Waals surface area contributed by atoms with Crippen molar-refractivity contribution >= 4 is 11.9 Å². The highest BCUT2D eigenvalue weighted by molar-refractivity contribution is 5.94. The molecule has 0 aromatic heterocycles. The minimum atomic E-state index is -0.423. The van der Waals surface area contributed by atoms with E-state index in [0.717, 1.165) is 0 Å². The van der Waals surface area contributed by atoms with Crippen LogP contribution in [0.25, 0.3) is 0 Å². The molecular weight excluding hydrogens is 278 g/mol. The molecule has 0 saturated carbocycles. The number of carbonyl (C=O) groups is 2. The first kappa shape index (κ1) is 18.2. The third kappa shape index (κ3) is 6.72. The number of amides is 3. The van der Waals surface area contributed by atoms with Crippen LogP contribution in [0.4, 0.5) is 4.79 Å². The minimum Gasteiger partial charge on any atom is -0.338 e. The smallest absolute Gasteiger partial charge is 0.321 e. The zero-order chi connectivity index (χ0) is 16.5. The molecule has 0 saturated heterocycles. The Morgan fingerprint density at radius 2 is 1.73 bits per heavy atom. The second-order valence-electron chi connectivity index (χ2n) is 6.27. The minimum absolute atomic E-state index is 0.200. The lowest BCUT2D eigenvalue weighted by Gasteiger charge is -2.19. The Morgan fingerprint density at radius 1 is 1.09 bits per heavy atom. The quantitative estimate of drug-likeness (QED) is 0.713. The molecule has 4 N–H and O–H groups in total. The van der Waals surface area contributed by atoms with Crippen LogP contribution in [0.1, 0.15) is 39.3 Å². The van der Waals surface area contributed by atoms with Gasteiger partial charge in [-0.1, -0.05) is 58.0 Å². The van der Waals surface area contributed by atoms with E-state index in [-0.39, 0.29) is 18.5 Å². The van der Waals surface area contributed by atoms with Crippen molar-refractivity contribution in [3.05, 3.63) is 35.9 Å². The molecule has 1 rings (SSSR count). The molecule has 0 aliphatic heterocycles. The van der Waals surface area contributed by atoms with Gasteiger partial charge in [-0.25, -0.2) is 4.79 Å². The van der Waals surface area contributed by atoms with Crippen LogP contribution in [0, 0.1) is 11.8 Å². The van der Waals surface area contributed by atoms with E-state index >= 15 is 0 Å². The molecule has 5 heteroatoms. The molecule has 5 nitrogen and oxygen atoms in total. The number of nitrogens with two attached hydrogens (primary N) is 1. The lowest BCUT2D eigenvalue weighted by molar-refractivity contribution is -0.692. The largest absolute Gasteiger partial charge is 0.338 e. The summed E-state index contributed by atoms with van der Waals surface area (Å²) in [7, 11) is 0. The third-order valence-electron chi connectivity index (χ3n) is 3.38. The van der Waals surface area contributed by atoms with Crippen molar-refractivity contribution in [2.45, 2.75) is 33.7 Å². The van der Waals surface area contributed by atoms with E-state index in [2.05, 4.69) is 36.6 Å². The van der Waals surface area contributed by atoms with Gasteiger partial charge in [-0.15, -0.1) is 0 Å². The lowest BCUT2D eigenvalue weighted by atomic mass is 9.96. The van der Waals surface area contributed by atoms with E-state index in [4.69, 9.17) is 0 Å². The summed E-state index contributed by atoms with van der Waals surface area (Å²) < 4.78 is 0. The topological polar surface area (TPSA) is 74.8 Å². The van der Waals surface area contributed by atoms with E-state index in [1.165, 1.54) is 5.56 Å². The third-order valence-corrected chi connectivity index (χ3v) is 3.38. The van der Waals surface area contributed by atoms with E-state index in [9.17, 15) is 9.59 Å². The highest BCUT2D eigenvalue weighted by atomic mass is 16.2. The molecule has 0 heterocycles. The van der Waals surface area contributed by atoms with Gasteiger partial charge in [0.05, 0.1) is 0 Å². The Bertz CT molecular complexity index is 472. The summed E-state index contributed by atoms with van der Waals surface area (Å²) in [6.07, 6.45) is 0. The van der Waals surface area contributed by atoms with Crippen molar-refractivity contribution in [1.29, 1.82) is 0 Å². The molecule has 122 valence electrons. The average molecular weight is 306 g/mol. The first-order valence-electron chi connectivity index (χ1n) is 7.86. The summed E-state index contributed by atoms with van der Waals surface area (Å²) in [5.41, 5.74) is 1.19. The Labute approximate surface area is 132 Å². The number of hydrogen-bond donors (Lipinski definition) is 3. The number of hydrogen-bond acceptors (Lipinski definition) is 2. The Balaban J connectivity index is 2.45. The molecule has 3 amide bonds. The predicted molar refractivity (Wildman–Crippen MR) is 87.2 cm³/mol. The molecule has 0 radical (unpaired) electrons. The van der Waals surface area contributed by atoms with Gasteiger partial charge in [0, 0.05) is 18.0 Å². The fraction of sp³-hybridized carbons (Fsp3) is 0.529. The monoisotopic (exact) mass is 306 g/mol. The first-order chi connectivity index (χ1) is 10.4. The lowest BCUT2D eigenvalue weighted by Crippen LogP contribution is -2.88. The Hall–Kier alpha value is -1.88. The molecular formula is C17H28N3O2+. The van der Waals surface area contributed by atoms with Crippen molar-refractivity contribution in [2.24, 2.45) is 11.8 Å². The van der Waals surface area contributed by atoms with Crippen LogP contribution in [-0.4, -0.2) is 25.0 Å². The van der Waals surface area contributed by atoms with Crippen LogP contribution < -0.4 is 16.0 Å². The molecule has 1 atom stereocenters. The standard InChI is InChI=1S/C17H27N3O2/c1-12(2)10-19-17(22)20-15(21)11-18-16(13(3)4)14-8-6-5-7-9-14/h5-9,12-13,16,18H,10-11H2,1-4H3,(H2,19,20,21,22)/p+1/t16-/m1/s1. The van der Waals surface area contributed by atoms with Crippen LogP contribution in [0.3, 0.4) is 0 Å². The molecule has 1 aromatic carbocycles. The van der Waals surface area contributed by atoms with Gasteiger partial charge in [-0.05, 0) is 5.92 Å². The molecule has 0 fully saturated rings. The fourth-order valence-electron chi connectivity index (χ4n) is 2.22. The summed E-state index contributed by atoms with van der Waals surface area (Å²) in [4.78, 5) is 23.4. The molecule has 0 unspecified atom stereocenters. The van der Waals surface area contributed by atoms with Crippen molar-refractivity contribution in [3.63, 3.8) is 0 Å². The van der Waals surface area contributed by atoms with E-state index < -0.39 is 6.03 Å². The summed E-state index contributed by atoms with van der Waals surface area (Å²) in [6, 6.07) is 9.88. The van der Waals surface area contributed by atoms with E-state index in [1.807, 2.05) is 37.4 Å². The number of nitrogens with one attached hydrogen (secondary N) is 2. The Morgan fingerprint density at radius 3 is 2.27 bits per heavy atom. The second kappa shape index (κ2) is 9.20. The van der Waals surface area contributed by atoms with Gasteiger partial charge in [0.1, 0.15) is 6.04 Å². The van der Waals surface area contributed by atoms with Gasteiger partial charge in [0.2, 0.25) is 0 Å². The highest BCUT2D eigenvalue weighted by Gasteiger charge is 2.20. The van der Waals surface area contributed by atoms with Crippen LogP contribution in [0.15, 0.2) is 30.3 Å². The molecule has 0 aliphatic carbocycles. The van der Waals surface area contributed by atoms with Gasteiger partial charge in [-0.3, -0.25) is 10.1 Å². The number of benzene rings is 1. The maximum Gasteiger partial charge on any atom is 0.321 e. The average Bonchev–Trinajstić information content (AvgIpc) is 2.46. The van der Waals surface area contributed by atoms with Crippen molar-refractivity contribution in [2.75, 3.05) is 13.1 Å². The van der Waals surface area contributed by atoms with Gasteiger partial charge in [0.25, 0.3) is 5.91 Å². The van der Waals surface area contributed by atoms with Gasteiger partial charge < -0.3 is 10.6 Å². The number of quaternary nitrogens is 1. The molecule has 0 aliphatic rings. The van der Waals surface area contributed by atoms with Gasteiger partial charge >= 0.3 is 6.03 Å². The van der Waals surface area contributed by atoms with Crippen molar-refractivity contribution in [1.82, 2.24) is 10.6 Å². The van der Waals surface area contributed by atoms with E-state index in [1.54, 1.807) is 0 Å². The zero-order valence-corrected chi connectivity index (χ0v) is 13.9. The van der Waals surface area contributed by atoms with E-state index in [0.29, 0.717) is 18.4 Å². The molecule has 22 heavy (non-hydrogen) atoms. The van der Waals surface area contributed by atoms with Gasteiger partial charge in [-0.2, -0.15) is 0 Å². The van der Waals surface area contributed by atoms with Crippen LogP contribution in [0.2, 0.25) is 0 Å². The second-order valence-corrected chi connectivity index (χ2v) is 6.27. The van der Waals surface area contributed by atoms with Crippen LogP contribution >= 0.6 is 0 Å². The normalized spacial score (nSPS) is 12.3. The Kier molecular flexibility index (Phi) is 7.60. The maximum atomic E-state index is 11.9. The number of imide groups is 1. The van der Waals surface area contributed by atoms with Crippen LogP contribution in [-0.2, 0) is 4.79 Å². The fourth-order valence-corrected chi connectivity index (χ4v) is 2.22. The predicted octanol–water partition coefficient (Wildman–Crippen LogP) is 1.43. The summed E-state index contributed by atoms with van der Waals surface area (Å²) >= 11 is 0. The molecule has 0 bridgehead atoms. The number of urea groups is 1. The SMILES string of the molecule is CC(C)CNC(=O)NC(=O)C[NH2+][C@@H](c1ccccc1)C(C)C. The van der Waals surface area contributed by atoms with Gasteiger partial charge in [0.15, 0.2) is 6.54 Å². The zero-order valence-electron chi connectivity index (χ0n) is 13.9. The van der Waals surface area contributed by atoms with Crippen molar-refractivity contribution in [3.8, 4) is 0 Å². The number of rotatable bonds is 7. The summed E-state index contributed by atoms with van der Waals surface area (Å²) in [5.74, 6) is 0.476. The summed E-state index contributed by atoms with van der Waals surface area (Å²) in [6.45, 7) is 9.04. The first-order valence-corrected chi connectivity index (χ1v) is 7.86. The molecule has 0 spiro atoms. The molecule has 1 aromatic rings. The van der Waals surface area contributed by atoms with Crippen LogP contribution in [0.5, 0.6) is 0 Å². The maximum absolute atomic E-state index is 11.9.